The van der Waals surface area contributed by atoms with E-state index < -0.39 is 6.04 Å². The maximum absolute atomic E-state index is 13.8. The SMILES string of the molecule is CCCOc1cccc([C@@H]2c3c(oc4cc(C)c(C)cc4c3=O)C(=O)N2c2ccc(C)cn2)c1. The standard InChI is InChI=1S/C28H26N2O4/c1-5-11-33-20-8-6-7-19(14-20)25-24-26(31)21-12-17(3)18(4)13-22(21)34-27(24)28(32)30(25)23-10-9-16(2)15-29-23/h6-10,12-15,25H,5,11H2,1-4H3/t25-/m1/s1. The molecule has 5 rings (SSSR count). The van der Waals surface area contributed by atoms with Gasteiger partial charge in [0.15, 0.2) is 5.43 Å². The minimum absolute atomic E-state index is 0.0630. The molecule has 4 aromatic rings. The van der Waals surface area contributed by atoms with Crippen molar-refractivity contribution in [3.63, 3.8) is 0 Å². The van der Waals surface area contributed by atoms with Gasteiger partial charge >= 0.3 is 0 Å². The Hall–Kier alpha value is -3.93. The van der Waals surface area contributed by atoms with Crippen LogP contribution < -0.4 is 15.1 Å². The molecule has 0 saturated carbocycles. The van der Waals surface area contributed by atoms with Crippen molar-refractivity contribution in [2.45, 2.75) is 40.2 Å². The Balaban J connectivity index is 1.77. The Labute approximate surface area is 197 Å². The summed E-state index contributed by atoms with van der Waals surface area (Å²) in [4.78, 5) is 33.6. The zero-order chi connectivity index (χ0) is 24.0. The van der Waals surface area contributed by atoms with E-state index in [-0.39, 0.29) is 17.1 Å². The zero-order valence-corrected chi connectivity index (χ0v) is 19.7. The molecule has 2 aromatic heterocycles. The lowest BCUT2D eigenvalue weighted by Crippen LogP contribution is -2.30. The number of amides is 1. The van der Waals surface area contributed by atoms with E-state index in [1.807, 2.05) is 70.2 Å². The van der Waals surface area contributed by atoms with Crippen LogP contribution in [-0.4, -0.2) is 17.5 Å². The number of pyridine rings is 1. The Bertz CT molecular complexity index is 1470. The zero-order valence-electron chi connectivity index (χ0n) is 19.7. The van der Waals surface area contributed by atoms with E-state index >= 15 is 0 Å². The van der Waals surface area contributed by atoms with E-state index in [0.717, 1.165) is 28.7 Å². The third-order valence-electron chi connectivity index (χ3n) is 6.28. The van der Waals surface area contributed by atoms with E-state index in [1.54, 1.807) is 17.2 Å². The van der Waals surface area contributed by atoms with Crippen molar-refractivity contribution in [2.24, 2.45) is 0 Å². The van der Waals surface area contributed by atoms with E-state index in [0.29, 0.717) is 34.7 Å². The van der Waals surface area contributed by atoms with E-state index in [1.165, 1.54) is 0 Å². The molecule has 2 aromatic carbocycles. The Morgan fingerprint density at radius 2 is 1.82 bits per heavy atom. The summed E-state index contributed by atoms with van der Waals surface area (Å²) in [5.41, 5.74) is 4.27. The first-order valence-electron chi connectivity index (χ1n) is 11.5. The van der Waals surface area contributed by atoms with Gasteiger partial charge in [-0.25, -0.2) is 4.98 Å². The second kappa shape index (κ2) is 8.45. The first-order chi connectivity index (χ1) is 16.4. The average molecular weight is 455 g/mol. The third kappa shape index (κ3) is 3.55. The molecular weight excluding hydrogens is 428 g/mol. The van der Waals surface area contributed by atoms with Crippen molar-refractivity contribution in [1.82, 2.24) is 4.98 Å². The molecule has 6 nitrogen and oxygen atoms in total. The van der Waals surface area contributed by atoms with Crippen LogP contribution >= 0.6 is 0 Å². The lowest BCUT2D eigenvalue weighted by molar-refractivity contribution is 0.0970. The molecule has 0 radical (unpaired) electrons. The van der Waals surface area contributed by atoms with Gasteiger partial charge in [0.1, 0.15) is 17.2 Å². The summed E-state index contributed by atoms with van der Waals surface area (Å²) in [6.07, 6.45) is 2.59. The van der Waals surface area contributed by atoms with Gasteiger partial charge in [-0.3, -0.25) is 14.5 Å². The summed E-state index contributed by atoms with van der Waals surface area (Å²) >= 11 is 0. The molecule has 0 aliphatic carbocycles. The highest BCUT2D eigenvalue weighted by Gasteiger charge is 2.44. The topological polar surface area (TPSA) is 72.6 Å². The minimum atomic E-state index is -0.676. The maximum atomic E-state index is 13.8. The van der Waals surface area contributed by atoms with Crippen LogP contribution in [0.3, 0.4) is 0 Å². The fraction of sp³-hybridized carbons (Fsp3) is 0.250. The number of benzene rings is 2. The molecule has 0 saturated heterocycles. The third-order valence-corrected chi connectivity index (χ3v) is 6.28. The first-order valence-corrected chi connectivity index (χ1v) is 11.5. The number of anilines is 1. The van der Waals surface area contributed by atoms with Gasteiger partial charge in [-0.15, -0.1) is 0 Å². The van der Waals surface area contributed by atoms with Gasteiger partial charge in [0, 0.05) is 6.20 Å². The number of hydrogen-bond donors (Lipinski definition) is 0. The molecule has 1 aliphatic heterocycles. The van der Waals surface area contributed by atoms with Gasteiger partial charge in [-0.1, -0.05) is 25.1 Å². The summed E-state index contributed by atoms with van der Waals surface area (Å²) in [5, 5.41) is 0.469. The molecule has 0 N–H and O–H groups in total. The molecule has 1 aliphatic rings. The molecular formula is C28H26N2O4. The fourth-order valence-corrected chi connectivity index (χ4v) is 4.38. The van der Waals surface area contributed by atoms with Crippen LogP contribution in [0.4, 0.5) is 5.82 Å². The van der Waals surface area contributed by atoms with Crippen molar-refractivity contribution in [3.05, 3.63) is 98.5 Å². The van der Waals surface area contributed by atoms with Crippen molar-refractivity contribution in [2.75, 3.05) is 11.5 Å². The summed E-state index contributed by atoms with van der Waals surface area (Å²) < 4.78 is 11.9. The van der Waals surface area contributed by atoms with E-state index in [2.05, 4.69) is 4.98 Å². The van der Waals surface area contributed by atoms with Crippen molar-refractivity contribution >= 4 is 22.7 Å². The summed E-state index contributed by atoms with van der Waals surface area (Å²) in [5.74, 6) is 0.831. The van der Waals surface area contributed by atoms with Crippen LogP contribution in [0.2, 0.25) is 0 Å². The molecule has 0 bridgehead atoms. The predicted molar refractivity (Wildman–Crippen MR) is 132 cm³/mol. The Morgan fingerprint density at radius 1 is 1.03 bits per heavy atom. The molecule has 172 valence electrons. The smallest absolute Gasteiger partial charge is 0.296 e. The number of aromatic nitrogens is 1. The lowest BCUT2D eigenvalue weighted by atomic mass is 9.97. The molecule has 1 amide bonds. The fourth-order valence-electron chi connectivity index (χ4n) is 4.38. The average Bonchev–Trinajstić information content (AvgIpc) is 3.12. The predicted octanol–water partition coefficient (Wildman–Crippen LogP) is 5.65. The first kappa shape index (κ1) is 21.9. The van der Waals surface area contributed by atoms with E-state index in [9.17, 15) is 9.59 Å². The van der Waals surface area contributed by atoms with Crippen molar-refractivity contribution in [1.29, 1.82) is 0 Å². The summed E-state index contributed by atoms with van der Waals surface area (Å²) in [6, 6.07) is 14.2. The molecule has 34 heavy (non-hydrogen) atoms. The summed E-state index contributed by atoms with van der Waals surface area (Å²) in [7, 11) is 0. The van der Waals surface area contributed by atoms with Crippen molar-refractivity contribution in [3.8, 4) is 5.75 Å². The Morgan fingerprint density at radius 3 is 2.56 bits per heavy atom. The van der Waals surface area contributed by atoms with Crippen LogP contribution in [0.5, 0.6) is 5.75 Å². The normalized spacial score (nSPS) is 15.1. The van der Waals surface area contributed by atoms with Gasteiger partial charge < -0.3 is 9.15 Å². The lowest BCUT2D eigenvalue weighted by Gasteiger charge is -2.24. The number of nitrogens with zero attached hydrogens (tertiary/aromatic N) is 2. The van der Waals surface area contributed by atoms with Crippen LogP contribution in [0, 0.1) is 20.8 Å². The summed E-state index contributed by atoms with van der Waals surface area (Å²) in [6.45, 7) is 8.47. The van der Waals surface area contributed by atoms with Crippen LogP contribution in [0.1, 0.15) is 57.8 Å². The van der Waals surface area contributed by atoms with Gasteiger partial charge in [-0.05, 0) is 79.8 Å². The van der Waals surface area contributed by atoms with Gasteiger partial charge in [-0.2, -0.15) is 0 Å². The number of carbonyl (C=O) groups is 1. The molecule has 0 unspecified atom stereocenters. The highest BCUT2D eigenvalue weighted by atomic mass is 16.5. The number of rotatable bonds is 5. The number of hydrogen-bond acceptors (Lipinski definition) is 5. The van der Waals surface area contributed by atoms with Gasteiger partial charge in [0.25, 0.3) is 5.91 Å². The second-order valence-electron chi connectivity index (χ2n) is 8.80. The largest absolute Gasteiger partial charge is 0.494 e. The van der Waals surface area contributed by atoms with Crippen LogP contribution in [0.15, 0.2) is 63.9 Å². The molecule has 1 atom stereocenters. The van der Waals surface area contributed by atoms with Crippen LogP contribution in [0.25, 0.3) is 11.0 Å². The highest BCUT2D eigenvalue weighted by molar-refractivity contribution is 6.10. The van der Waals surface area contributed by atoms with E-state index in [4.69, 9.17) is 9.15 Å². The maximum Gasteiger partial charge on any atom is 0.296 e. The number of fused-ring (bicyclic) bond motifs is 2. The van der Waals surface area contributed by atoms with Gasteiger partial charge in [0.05, 0.1) is 23.6 Å². The van der Waals surface area contributed by atoms with Crippen LogP contribution in [-0.2, 0) is 0 Å². The van der Waals surface area contributed by atoms with Gasteiger partial charge in [0.2, 0.25) is 5.76 Å². The molecule has 0 spiro atoms. The molecule has 6 heteroatoms. The molecule has 3 heterocycles. The second-order valence-corrected chi connectivity index (χ2v) is 8.80. The monoisotopic (exact) mass is 454 g/mol. The number of aryl methyl sites for hydroxylation is 3. The quantitative estimate of drug-likeness (QED) is 0.390. The van der Waals surface area contributed by atoms with Crippen molar-refractivity contribution < 1.29 is 13.9 Å². The Kier molecular flexibility index (Phi) is 5.44. The minimum Gasteiger partial charge on any atom is -0.494 e. The molecule has 0 fully saturated rings. The number of carbonyl (C=O) groups excluding carboxylic acids is 1. The highest BCUT2D eigenvalue weighted by Crippen LogP contribution is 2.41. The number of ether oxygens (including phenoxy) is 1.